The lowest BCUT2D eigenvalue weighted by Crippen LogP contribution is -2.23. The van der Waals surface area contributed by atoms with Crippen molar-refractivity contribution in [2.45, 2.75) is 6.17 Å². The zero-order valence-corrected chi connectivity index (χ0v) is 25.4. The fourth-order valence-corrected chi connectivity index (χ4v) is 7.28. The summed E-state index contributed by atoms with van der Waals surface area (Å²) in [5.74, 6) is 0. The standard InChI is InChI=1S/C43H28N2O2/c1-2-11-27(12-3-1)28-21-23-29(24-22-28)43-44-36-17-6-7-18-37(36)45(43)31-14-10-13-30(25-31)40-41-34(32-15-4-8-19-38(32)46-41)26-35-33-16-5-9-20-39(33)47-42(35)40/h1-26,43-44H. The molecule has 0 radical (unpaired) electrons. The number of nitrogens with zero attached hydrogens (tertiary/aromatic N) is 1. The molecule has 0 bridgehead atoms. The van der Waals surface area contributed by atoms with Gasteiger partial charge in [-0.05, 0) is 64.7 Å². The molecule has 0 spiro atoms. The minimum atomic E-state index is -0.0827. The van der Waals surface area contributed by atoms with Crippen molar-refractivity contribution >= 4 is 60.9 Å². The summed E-state index contributed by atoms with van der Waals surface area (Å²) in [7, 11) is 0. The van der Waals surface area contributed by atoms with Gasteiger partial charge in [0.15, 0.2) is 0 Å². The average Bonchev–Trinajstić information content (AvgIpc) is 3.82. The maximum Gasteiger partial charge on any atom is 0.147 e. The van der Waals surface area contributed by atoms with Gasteiger partial charge >= 0.3 is 0 Å². The molecular weight excluding hydrogens is 576 g/mol. The van der Waals surface area contributed by atoms with E-state index in [1.165, 1.54) is 16.7 Å². The van der Waals surface area contributed by atoms with E-state index in [4.69, 9.17) is 8.83 Å². The van der Waals surface area contributed by atoms with Gasteiger partial charge in [0.2, 0.25) is 0 Å². The van der Waals surface area contributed by atoms with Crippen molar-refractivity contribution in [2.24, 2.45) is 0 Å². The number of anilines is 3. The summed E-state index contributed by atoms with van der Waals surface area (Å²) in [6, 6.07) is 55.4. The molecule has 0 amide bonds. The van der Waals surface area contributed by atoms with Crippen LogP contribution in [-0.2, 0) is 0 Å². The largest absolute Gasteiger partial charge is 0.455 e. The van der Waals surface area contributed by atoms with Gasteiger partial charge in [-0.25, -0.2) is 0 Å². The molecule has 4 nitrogen and oxygen atoms in total. The van der Waals surface area contributed by atoms with Crippen LogP contribution in [0.5, 0.6) is 0 Å². The van der Waals surface area contributed by atoms with Gasteiger partial charge in [0.25, 0.3) is 0 Å². The van der Waals surface area contributed by atoms with Crippen LogP contribution in [0.15, 0.2) is 167 Å². The minimum absolute atomic E-state index is 0.0827. The SMILES string of the molecule is c1ccc(-c2ccc(C3Nc4ccccc4N3c3cccc(-c4c5oc6ccccc6c5cc5c4oc4ccccc45)c3)cc2)cc1. The zero-order valence-electron chi connectivity index (χ0n) is 25.4. The highest BCUT2D eigenvalue weighted by Crippen LogP contribution is 2.49. The van der Waals surface area contributed by atoms with E-state index in [1.807, 2.05) is 24.3 Å². The fourth-order valence-electron chi connectivity index (χ4n) is 7.28. The number of para-hydroxylation sites is 4. The van der Waals surface area contributed by atoms with E-state index in [9.17, 15) is 0 Å². The van der Waals surface area contributed by atoms with Gasteiger partial charge in [0.05, 0.1) is 16.9 Å². The second-order valence-corrected chi connectivity index (χ2v) is 12.2. The number of furan rings is 2. The summed E-state index contributed by atoms with van der Waals surface area (Å²) < 4.78 is 13.2. The monoisotopic (exact) mass is 604 g/mol. The highest BCUT2D eigenvalue weighted by atomic mass is 16.3. The molecule has 0 saturated heterocycles. The molecule has 0 fully saturated rings. The Balaban J connectivity index is 1.16. The van der Waals surface area contributed by atoms with E-state index in [1.54, 1.807) is 0 Å². The molecule has 0 aliphatic carbocycles. The number of hydrogen-bond acceptors (Lipinski definition) is 4. The molecule has 1 N–H and O–H groups in total. The molecule has 4 heteroatoms. The van der Waals surface area contributed by atoms with Crippen LogP contribution in [0.1, 0.15) is 11.7 Å². The predicted molar refractivity (Wildman–Crippen MR) is 193 cm³/mol. The van der Waals surface area contributed by atoms with Crippen molar-refractivity contribution in [2.75, 3.05) is 10.2 Å². The minimum Gasteiger partial charge on any atom is -0.455 e. The van der Waals surface area contributed by atoms with Crippen LogP contribution in [0, 0.1) is 0 Å². The lowest BCUT2D eigenvalue weighted by atomic mass is 9.97. The molecule has 1 unspecified atom stereocenters. The van der Waals surface area contributed by atoms with Crippen molar-refractivity contribution < 1.29 is 8.83 Å². The lowest BCUT2D eigenvalue weighted by Gasteiger charge is -2.28. The molecule has 1 aliphatic rings. The van der Waals surface area contributed by atoms with Crippen LogP contribution in [0.3, 0.4) is 0 Å². The topological polar surface area (TPSA) is 41.5 Å². The molecule has 7 aromatic carbocycles. The van der Waals surface area contributed by atoms with E-state index in [-0.39, 0.29) is 6.17 Å². The molecule has 3 heterocycles. The van der Waals surface area contributed by atoms with Crippen LogP contribution >= 0.6 is 0 Å². The molecule has 1 atom stereocenters. The van der Waals surface area contributed by atoms with Gasteiger partial charge in [-0.3, -0.25) is 0 Å². The van der Waals surface area contributed by atoms with E-state index in [0.29, 0.717) is 0 Å². The number of benzene rings is 7. The van der Waals surface area contributed by atoms with E-state index in [0.717, 1.165) is 72.1 Å². The van der Waals surface area contributed by atoms with Crippen LogP contribution in [-0.4, -0.2) is 0 Å². The number of nitrogens with one attached hydrogen (secondary N) is 1. The number of hydrogen-bond donors (Lipinski definition) is 1. The smallest absolute Gasteiger partial charge is 0.147 e. The molecule has 222 valence electrons. The quantitative estimate of drug-likeness (QED) is 0.217. The Labute approximate surface area is 271 Å². The maximum absolute atomic E-state index is 6.62. The zero-order chi connectivity index (χ0) is 30.9. The third-order valence-electron chi connectivity index (χ3n) is 9.47. The highest BCUT2D eigenvalue weighted by Gasteiger charge is 2.31. The van der Waals surface area contributed by atoms with Crippen molar-refractivity contribution in [1.82, 2.24) is 0 Å². The highest BCUT2D eigenvalue weighted by molar-refractivity contribution is 6.22. The summed E-state index contributed by atoms with van der Waals surface area (Å²) in [5.41, 5.74) is 12.3. The molecule has 47 heavy (non-hydrogen) atoms. The van der Waals surface area contributed by atoms with Gasteiger partial charge in [-0.15, -0.1) is 0 Å². The Hall–Kier alpha value is -6.26. The van der Waals surface area contributed by atoms with E-state index in [2.05, 4.69) is 144 Å². The van der Waals surface area contributed by atoms with Crippen molar-refractivity contribution in [1.29, 1.82) is 0 Å². The summed E-state index contributed by atoms with van der Waals surface area (Å²) in [5, 5.41) is 8.18. The summed E-state index contributed by atoms with van der Waals surface area (Å²) >= 11 is 0. The predicted octanol–water partition coefficient (Wildman–Crippen LogP) is 12.1. The van der Waals surface area contributed by atoms with Gasteiger partial charge in [-0.2, -0.15) is 0 Å². The number of rotatable bonds is 4. The van der Waals surface area contributed by atoms with E-state index >= 15 is 0 Å². The first-order valence-electron chi connectivity index (χ1n) is 16.0. The molecule has 2 aromatic heterocycles. The van der Waals surface area contributed by atoms with Crippen LogP contribution in [0.2, 0.25) is 0 Å². The first-order valence-corrected chi connectivity index (χ1v) is 16.0. The summed E-state index contributed by atoms with van der Waals surface area (Å²) in [6.45, 7) is 0. The van der Waals surface area contributed by atoms with Crippen LogP contribution < -0.4 is 10.2 Å². The lowest BCUT2D eigenvalue weighted by molar-refractivity contribution is 0.658. The Bertz CT molecular complexity index is 2530. The third-order valence-corrected chi connectivity index (χ3v) is 9.47. The van der Waals surface area contributed by atoms with Gasteiger partial charge in [-0.1, -0.05) is 115 Å². The molecule has 10 rings (SSSR count). The molecule has 1 aliphatic heterocycles. The van der Waals surface area contributed by atoms with Crippen molar-refractivity contribution in [3.63, 3.8) is 0 Å². The van der Waals surface area contributed by atoms with E-state index < -0.39 is 0 Å². The van der Waals surface area contributed by atoms with Crippen LogP contribution in [0.4, 0.5) is 17.1 Å². The van der Waals surface area contributed by atoms with Crippen molar-refractivity contribution in [3.05, 3.63) is 163 Å². The average molecular weight is 605 g/mol. The fraction of sp³-hybridized carbons (Fsp3) is 0.0233. The second kappa shape index (κ2) is 10.1. The summed E-state index contributed by atoms with van der Waals surface area (Å²) in [6.07, 6.45) is -0.0827. The Morgan fingerprint density at radius 2 is 1.06 bits per heavy atom. The number of fused-ring (bicyclic) bond motifs is 7. The normalized spacial score (nSPS) is 14.3. The first kappa shape index (κ1) is 26.0. The molecule has 9 aromatic rings. The Kier molecular flexibility index (Phi) is 5.60. The first-order chi connectivity index (χ1) is 23.3. The molecule has 0 saturated carbocycles. The van der Waals surface area contributed by atoms with Crippen LogP contribution in [0.25, 0.3) is 66.1 Å². The Morgan fingerprint density at radius 3 is 1.79 bits per heavy atom. The van der Waals surface area contributed by atoms with Gasteiger partial charge in [0.1, 0.15) is 28.5 Å². The molecular formula is C43H28N2O2. The second-order valence-electron chi connectivity index (χ2n) is 12.2. The third kappa shape index (κ3) is 4.01. The Morgan fingerprint density at radius 1 is 0.468 bits per heavy atom. The maximum atomic E-state index is 6.62. The van der Waals surface area contributed by atoms with Gasteiger partial charge < -0.3 is 19.1 Å². The van der Waals surface area contributed by atoms with Crippen molar-refractivity contribution in [3.8, 4) is 22.3 Å². The summed E-state index contributed by atoms with van der Waals surface area (Å²) in [4.78, 5) is 2.39. The van der Waals surface area contributed by atoms with Gasteiger partial charge in [0, 0.05) is 27.2 Å².